The number of nitrogens with one attached hydrogen (secondary N) is 2. The van der Waals surface area contributed by atoms with E-state index in [0.29, 0.717) is 16.7 Å². The molecule has 0 spiro atoms. The zero-order valence-electron chi connectivity index (χ0n) is 11.8. The zero-order chi connectivity index (χ0) is 15.8. The van der Waals surface area contributed by atoms with Crippen molar-refractivity contribution in [1.82, 2.24) is 15.0 Å². The molecule has 2 N–H and O–H groups in total. The van der Waals surface area contributed by atoms with E-state index in [1.54, 1.807) is 6.20 Å². The topological polar surface area (TPSA) is 70.7 Å². The van der Waals surface area contributed by atoms with Crippen LogP contribution in [0, 0.1) is 5.82 Å². The summed E-state index contributed by atoms with van der Waals surface area (Å²) in [7, 11) is 0. The van der Waals surface area contributed by atoms with Gasteiger partial charge in [-0.15, -0.1) is 11.3 Å². The second-order valence-electron chi connectivity index (χ2n) is 5.05. The molecule has 0 saturated carbocycles. The molecule has 0 unspecified atom stereocenters. The number of hydrogen-bond donors (Lipinski definition) is 2. The first-order chi connectivity index (χ1) is 11.2. The number of aromatic nitrogens is 3. The fourth-order valence-electron chi connectivity index (χ4n) is 2.41. The van der Waals surface area contributed by atoms with Gasteiger partial charge in [0.2, 0.25) is 5.91 Å². The Labute approximate surface area is 134 Å². The minimum absolute atomic E-state index is 0.175. The summed E-state index contributed by atoms with van der Waals surface area (Å²) in [6.07, 6.45) is 2.91. The van der Waals surface area contributed by atoms with E-state index in [-0.39, 0.29) is 12.3 Å². The first kappa shape index (κ1) is 13.8. The molecule has 23 heavy (non-hydrogen) atoms. The summed E-state index contributed by atoms with van der Waals surface area (Å²) in [4.78, 5) is 23.5. The molecule has 0 atom stereocenters. The van der Waals surface area contributed by atoms with Crippen molar-refractivity contribution in [2.75, 3.05) is 5.32 Å². The first-order valence-corrected chi connectivity index (χ1v) is 7.77. The maximum absolute atomic E-state index is 13.3. The normalized spacial score (nSPS) is 11.2. The van der Waals surface area contributed by atoms with Gasteiger partial charge >= 0.3 is 0 Å². The Morgan fingerprint density at radius 3 is 3.09 bits per heavy atom. The monoisotopic (exact) mass is 326 g/mol. The van der Waals surface area contributed by atoms with Crippen LogP contribution >= 0.6 is 11.3 Å². The number of fused-ring (bicyclic) bond motifs is 2. The van der Waals surface area contributed by atoms with Gasteiger partial charge < -0.3 is 10.3 Å². The van der Waals surface area contributed by atoms with Crippen molar-refractivity contribution in [3.63, 3.8) is 0 Å². The summed E-state index contributed by atoms with van der Waals surface area (Å²) in [6.45, 7) is 0. The van der Waals surface area contributed by atoms with Gasteiger partial charge in [0.05, 0.1) is 28.5 Å². The number of halogens is 1. The molecule has 0 aliphatic carbocycles. The van der Waals surface area contributed by atoms with Crippen LogP contribution in [0.2, 0.25) is 0 Å². The van der Waals surface area contributed by atoms with Gasteiger partial charge in [-0.25, -0.2) is 14.4 Å². The number of aromatic amines is 1. The molecule has 0 saturated heterocycles. The fourth-order valence-corrected chi connectivity index (χ4v) is 3.37. The van der Waals surface area contributed by atoms with Crippen LogP contribution in [0.4, 0.5) is 10.1 Å². The minimum atomic E-state index is -0.446. The highest BCUT2D eigenvalue weighted by molar-refractivity contribution is 7.18. The summed E-state index contributed by atoms with van der Waals surface area (Å²) in [5.74, 6) is -0.645. The molecule has 5 nitrogen and oxygen atoms in total. The highest BCUT2D eigenvalue weighted by Crippen LogP contribution is 2.24. The van der Waals surface area contributed by atoms with Crippen molar-refractivity contribution in [3.05, 3.63) is 53.6 Å². The molecule has 4 aromatic rings. The maximum Gasteiger partial charge on any atom is 0.231 e. The van der Waals surface area contributed by atoms with E-state index < -0.39 is 5.82 Å². The summed E-state index contributed by atoms with van der Waals surface area (Å²) in [6, 6.07) is 9.09. The number of para-hydroxylation sites is 1. The predicted octanol–water partition coefficient (Wildman–Crippen LogP) is 3.49. The Kier molecular flexibility index (Phi) is 3.27. The highest BCUT2D eigenvalue weighted by atomic mass is 32.1. The molecule has 3 aromatic heterocycles. The molecule has 1 aromatic carbocycles. The van der Waals surface area contributed by atoms with Crippen molar-refractivity contribution in [1.29, 1.82) is 0 Å². The van der Waals surface area contributed by atoms with Crippen LogP contribution in [0.25, 0.3) is 21.3 Å². The van der Waals surface area contributed by atoms with Crippen LogP contribution in [0.3, 0.4) is 0 Å². The molecule has 0 radical (unpaired) electrons. The van der Waals surface area contributed by atoms with Gasteiger partial charge in [0.15, 0.2) is 0 Å². The molecular formula is C16H11FN4OS. The molecule has 7 heteroatoms. The Morgan fingerprint density at radius 1 is 1.35 bits per heavy atom. The van der Waals surface area contributed by atoms with Crippen LogP contribution < -0.4 is 5.32 Å². The molecule has 3 heterocycles. The third kappa shape index (κ3) is 2.66. The highest BCUT2D eigenvalue weighted by Gasteiger charge is 2.12. The number of benzene rings is 1. The van der Waals surface area contributed by atoms with E-state index in [1.165, 1.54) is 17.4 Å². The lowest BCUT2D eigenvalue weighted by Gasteiger charge is -2.01. The van der Waals surface area contributed by atoms with Gasteiger partial charge in [0.1, 0.15) is 16.5 Å². The Hall–Kier alpha value is -2.80. The SMILES string of the molecule is O=C(Cc1nc2ccccc2s1)Nc1c[nH]c2ncc(F)cc12. The predicted molar refractivity (Wildman–Crippen MR) is 88.0 cm³/mol. The average molecular weight is 326 g/mol. The molecule has 0 aliphatic rings. The van der Waals surface area contributed by atoms with E-state index in [0.717, 1.165) is 21.4 Å². The number of carbonyl (C=O) groups excluding carboxylic acids is 1. The van der Waals surface area contributed by atoms with Crippen molar-refractivity contribution in [3.8, 4) is 0 Å². The van der Waals surface area contributed by atoms with Crippen molar-refractivity contribution >= 4 is 44.2 Å². The third-order valence-corrected chi connectivity index (χ3v) is 4.46. The average Bonchev–Trinajstić information content (AvgIpc) is 3.10. The number of nitrogens with zero attached hydrogens (tertiary/aromatic N) is 2. The number of rotatable bonds is 3. The molecule has 114 valence electrons. The van der Waals surface area contributed by atoms with E-state index in [4.69, 9.17) is 0 Å². The molecule has 0 aliphatic heterocycles. The number of pyridine rings is 1. The minimum Gasteiger partial charge on any atom is -0.344 e. The third-order valence-electron chi connectivity index (χ3n) is 3.42. The van der Waals surface area contributed by atoms with E-state index in [9.17, 15) is 9.18 Å². The number of amides is 1. The Bertz CT molecular complexity index is 990. The lowest BCUT2D eigenvalue weighted by atomic mass is 10.3. The van der Waals surface area contributed by atoms with Gasteiger partial charge in [-0.1, -0.05) is 12.1 Å². The number of H-pyrrole nitrogens is 1. The van der Waals surface area contributed by atoms with Crippen LogP contribution in [0.1, 0.15) is 5.01 Å². The van der Waals surface area contributed by atoms with E-state index >= 15 is 0 Å². The van der Waals surface area contributed by atoms with Crippen molar-refractivity contribution in [2.45, 2.75) is 6.42 Å². The second-order valence-corrected chi connectivity index (χ2v) is 6.17. The van der Waals surface area contributed by atoms with Gasteiger partial charge in [0.25, 0.3) is 0 Å². The lowest BCUT2D eigenvalue weighted by Crippen LogP contribution is -2.13. The largest absolute Gasteiger partial charge is 0.344 e. The molecule has 0 fully saturated rings. The number of carbonyl (C=O) groups is 1. The first-order valence-electron chi connectivity index (χ1n) is 6.96. The number of thiazole rings is 1. The van der Waals surface area contributed by atoms with E-state index in [1.807, 2.05) is 24.3 Å². The molecular weight excluding hydrogens is 315 g/mol. The molecule has 1 amide bonds. The Balaban J connectivity index is 1.56. The van der Waals surface area contributed by atoms with Crippen LogP contribution in [-0.2, 0) is 11.2 Å². The lowest BCUT2D eigenvalue weighted by molar-refractivity contribution is -0.115. The smallest absolute Gasteiger partial charge is 0.231 e. The molecule has 0 bridgehead atoms. The zero-order valence-corrected chi connectivity index (χ0v) is 12.7. The van der Waals surface area contributed by atoms with Gasteiger partial charge in [-0.05, 0) is 18.2 Å². The van der Waals surface area contributed by atoms with Crippen molar-refractivity contribution < 1.29 is 9.18 Å². The number of hydrogen-bond acceptors (Lipinski definition) is 4. The van der Waals surface area contributed by atoms with Crippen LogP contribution in [0.15, 0.2) is 42.7 Å². The maximum atomic E-state index is 13.3. The van der Waals surface area contributed by atoms with Crippen LogP contribution in [-0.4, -0.2) is 20.9 Å². The molecule has 4 rings (SSSR count). The summed E-state index contributed by atoms with van der Waals surface area (Å²) in [5.41, 5.74) is 1.93. The van der Waals surface area contributed by atoms with Gasteiger partial charge in [0, 0.05) is 11.6 Å². The number of anilines is 1. The summed E-state index contributed by atoms with van der Waals surface area (Å²) < 4.78 is 14.3. The summed E-state index contributed by atoms with van der Waals surface area (Å²) in [5, 5.41) is 4.06. The Morgan fingerprint density at radius 2 is 2.22 bits per heavy atom. The summed E-state index contributed by atoms with van der Waals surface area (Å²) >= 11 is 1.49. The van der Waals surface area contributed by atoms with Gasteiger partial charge in [-0.2, -0.15) is 0 Å². The van der Waals surface area contributed by atoms with Crippen molar-refractivity contribution in [2.24, 2.45) is 0 Å². The van der Waals surface area contributed by atoms with Gasteiger partial charge in [-0.3, -0.25) is 4.79 Å². The van der Waals surface area contributed by atoms with Crippen LogP contribution in [0.5, 0.6) is 0 Å². The quantitative estimate of drug-likeness (QED) is 0.605. The standard InChI is InChI=1S/C16H11FN4OS/c17-9-5-10-12(8-19-16(10)18-7-9)20-14(22)6-15-21-11-3-1-2-4-13(11)23-15/h1-5,7-8H,6H2,(H,18,19)(H,20,22). The second kappa shape index (κ2) is 5.44. The fraction of sp³-hybridized carbons (Fsp3) is 0.0625. The van der Waals surface area contributed by atoms with E-state index in [2.05, 4.69) is 20.3 Å².